The lowest BCUT2D eigenvalue weighted by Gasteiger charge is -2.29. The van der Waals surface area contributed by atoms with E-state index < -0.39 is 5.54 Å². The second kappa shape index (κ2) is 7.68. The van der Waals surface area contributed by atoms with E-state index in [0.717, 1.165) is 5.69 Å². The summed E-state index contributed by atoms with van der Waals surface area (Å²) in [5.41, 5.74) is 0.110. The monoisotopic (exact) mass is 301 g/mol. The van der Waals surface area contributed by atoms with Crippen molar-refractivity contribution in [1.82, 2.24) is 10.3 Å². The number of hydrogen-bond donors (Lipinski definition) is 3. The number of aromatic nitrogens is 1. The zero-order valence-electron chi connectivity index (χ0n) is 12.2. The van der Waals surface area contributed by atoms with Crippen molar-refractivity contribution in [3.63, 3.8) is 0 Å². The molecule has 6 nitrogen and oxygen atoms in total. The Labute approximate surface area is 123 Å². The van der Waals surface area contributed by atoms with Crippen LogP contribution in [0, 0.1) is 0 Å². The first-order valence-electron chi connectivity index (χ1n) is 6.71. The Morgan fingerprint density at radius 1 is 1.45 bits per heavy atom. The van der Waals surface area contributed by atoms with Gasteiger partial charge in [0.2, 0.25) is 5.91 Å². The van der Waals surface area contributed by atoms with E-state index in [0.29, 0.717) is 24.6 Å². The third kappa shape index (κ3) is 3.99. The molecule has 0 radical (unpaired) electrons. The Morgan fingerprint density at radius 2 is 2.10 bits per heavy atom. The standard InChI is InChI=1S/C13H23N3O3S/c1-4-13(8-17,9-18)14-6-11-7-20-12(15-11)16(5-2)10(3)19/h7,14,17-18H,4-6,8-9H2,1-3H3. The summed E-state index contributed by atoms with van der Waals surface area (Å²) in [6.07, 6.45) is 0.617. The summed E-state index contributed by atoms with van der Waals surface area (Å²) < 4.78 is 0. The van der Waals surface area contributed by atoms with Gasteiger partial charge in [0.05, 0.1) is 24.4 Å². The summed E-state index contributed by atoms with van der Waals surface area (Å²) in [4.78, 5) is 17.5. The average Bonchev–Trinajstić information content (AvgIpc) is 2.90. The Morgan fingerprint density at radius 3 is 2.55 bits per heavy atom. The second-order valence-corrected chi connectivity index (χ2v) is 5.52. The van der Waals surface area contributed by atoms with Gasteiger partial charge in [-0.15, -0.1) is 11.3 Å². The SMILES string of the molecule is CCN(C(C)=O)c1nc(CNC(CC)(CO)CO)cs1. The number of anilines is 1. The molecule has 1 aromatic rings. The molecule has 0 aromatic carbocycles. The minimum Gasteiger partial charge on any atom is -0.394 e. The Bertz CT molecular complexity index is 424. The highest BCUT2D eigenvalue weighted by molar-refractivity contribution is 7.14. The van der Waals surface area contributed by atoms with Gasteiger partial charge in [0, 0.05) is 25.4 Å². The lowest BCUT2D eigenvalue weighted by atomic mass is 9.98. The van der Waals surface area contributed by atoms with Crippen LogP contribution >= 0.6 is 11.3 Å². The zero-order valence-corrected chi connectivity index (χ0v) is 13.0. The van der Waals surface area contributed by atoms with Crippen LogP contribution in [0.25, 0.3) is 0 Å². The van der Waals surface area contributed by atoms with Crippen LogP contribution in [-0.4, -0.2) is 46.4 Å². The number of nitrogens with zero attached hydrogens (tertiary/aromatic N) is 2. The van der Waals surface area contributed by atoms with E-state index in [1.165, 1.54) is 18.3 Å². The molecule has 0 aliphatic carbocycles. The van der Waals surface area contributed by atoms with E-state index in [1.54, 1.807) is 4.90 Å². The predicted octanol–water partition coefficient (Wildman–Crippen LogP) is 0.739. The molecule has 1 heterocycles. The van der Waals surface area contributed by atoms with Crippen molar-refractivity contribution in [1.29, 1.82) is 0 Å². The fourth-order valence-electron chi connectivity index (χ4n) is 1.78. The quantitative estimate of drug-likeness (QED) is 0.659. The van der Waals surface area contributed by atoms with E-state index in [1.807, 2.05) is 19.2 Å². The molecule has 7 heteroatoms. The average molecular weight is 301 g/mol. The first-order valence-corrected chi connectivity index (χ1v) is 7.59. The summed E-state index contributed by atoms with van der Waals surface area (Å²) >= 11 is 1.41. The number of aliphatic hydroxyl groups excluding tert-OH is 2. The minimum absolute atomic E-state index is 0.0324. The van der Waals surface area contributed by atoms with Crippen LogP contribution in [0.1, 0.15) is 32.9 Å². The molecule has 0 saturated heterocycles. The molecule has 0 aliphatic rings. The molecule has 0 aliphatic heterocycles. The number of amides is 1. The van der Waals surface area contributed by atoms with Gasteiger partial charge in [0.25, 0.3) is 0 Å². The van der Waals surface area contributed by atoms with Crippen LogP contribution in [0.4, 0.5) is 5.13 Å². The number of hydrogen-bond acceptors (Lipinski definition) is 6. The van der Waals surface area contributed by atoms with E-state index in [2.05, 4.69) is 10.3 Å². The molecule has 0 unspecified atom stereocenters. The summed E-state index contributed by atoms with van der Waals surface area (Å²) in [7, 11) is 0. The number of nitrogens with one attached hydrogen (secondary N) is 1. The van der Waals surface area contributed by atoms with Gasteiger partial charge in [-0.3, -0.25) is 9.69 Å². The van der Waals surface area contributed by atoms with Crippen molar-refractivity contribution < 1.29 is 15.0 Å². The highest BCUT2D eigenvalue weighted by atomic mass is 32.1. The molecule has 1 rings (SSSR count). The normalized spacial score (nSPS) is 11.7. The van der Waals surface area contributed by atoms with Gasteiger partial charge in [0.1, 0.15) is 0 Å². The highest BCUT2D eigenvalue weighted by Gasteiger charge is 2.26. The van der Waals surface area contributed by atoms with E-state index in [4.69, 9.17) is 0 Å². The first-order chi connectivity index (χ1) is 9.51. The van der Waals surface area contributed by atoms with Crippen molar-refractivity contribution >= 4 is 22.4 Å². The maximum absolute atomic E-state index is 11.5. The first kappa shape index (κ1) is 17.0. The molecular formula is C13H23N3O3S. The molecule has 0 fully saturated rings. The summed E-state index contributed by atoms with van der Waals surface area (Å²) in [6, 6.07) is 0. The lowest BCUT2D eigenvalue weighted by molar-refractivity contribution is -0.116. The molecule has 0 bridgehead atoms. The Balaban J connectivity index is 2.71. The van der Waals surface area contributed by atoms with Crippen LogP contribution in [0.5, 0.6) is 0 Å². The number of aliphatic hydroxyl groups is 2. The topological polar surface area (TPSA) is 85.7 Å². The number of thiazole rings is 1. The van der Waals surface area contributed by atoms with E-state index in [9.17, 15) is 15.0 Å². The Kier molecular flexibility index (Phi) is 6.54. The highest BCUT2D eigenvalue weighted by Crippen LogP contribution is 2.21. The molecule has 0 saturated carbocycles. The van der Waals surface area contributed by atoms with Crippen LogP contribution in [0.2, 0.25) is 0 Å². The van der Waals surface area contributed by atoms with Gasteiger partial charge in [-0.25, -0.2) is 4.98 Å². The maximum Gasteiger partial charge on any atom is 0.225 e. The second-order valence-electron chi connectivity index (χ2n) is 4.69. The van der Waals surface area contributed by atoms with Crippen LogP contribution in [0.15, 0.2) is 5.38 Å². The van der Waals surface area contributed by atoms with Crippen molar-refractivity contribution in [2.24, 2.45) is 0 Å². The molecular weight excluding hydrogens is 278 g/mol. The number of carbonyl (C=O) groups excluding carboxylic acids is 1. The number of carbonyl (C=O) groups is 1. The van der Waals surface area contributed by atoms with Gasteiger partial charge < -0.3 is 15.5 Å². The van der Waals surface area contributed by atoms with Crippen molar-refractivity contribution in [2.45, 2.75) is 39.3 Å². The van der Waals surface area contributed by atoms with Gasteiger partial charge in [-0.2, -0.15) is 0 Å². The fourth-order valence-corrected chi connectivity index (χ4v) is 2.71. The smallest absolute Gasteiger partial charge is 0.225 e. The third-order valence-electron chi connectivity index (χ3n) is 3.39. The van der Waals surface area contributed by atoms with E-state index >= 15 is 0 Å². The number of rotatable bonds is 8. The fraction of sp³-hybridized carbons (Fsp3) is 0.692. The third-order valence-corrected chi connectivity index (χ3v) is 4.31. The van der Waals surface area contributed by atoms with Crippen LogP contribution in [-0.2, 0) is 11.3 Å². The summed E-state index contributed by atoms with van der Waals surface area (Å²) in [5, 5.41) is 24.4. The summed E-state index contributed by atoms with van der Waals surface area (Å²) in [5.74, 6) is -0.0324. The molecule has 0 spiro atoms. The molecule has 1 aromatic heterocycles. The van der Waals surface area contributed by atoms with Crippen LogP contribution in [0.3, 0.4) is 0 Å². The minimum atomic E-state index is -0.686. The van der Waals surface area contributed by atoms with Gasteiger partial charge in [0.15, 0.2) is 5.13 Å². The van der Waals surface area contributed by atoms with Gasteiger partial charge in [-0.1, -0.05) is 6.92 Å². The van der Waals surface area contributed by atoms with Gasteiger partial charge >= 0.3 is 0 Å². The maximum atomic E-state index is 11.5. The van der Waals surface area contributed by atoms with Crippen molar-refractivity contribution in [3.05, 3.63) is 11.1 Å². The molecule has 114 valence electrons. The van der Waals surface area contributed by atoms with Gasteiger partial charge in [-0.05, 0) is 13.3 Å². The lowest BCUT2D eigenvalue weighted by Crippen LogP contribution is -2.50. The molecule has 3 N–H and O–H groups in total. The van der Waals surface area contributed by atoms with E-state index in [-0.39, 0.29) is 19.1 Å². The molecule has 20 heavy (non-hydrogen) atoms. The zero-order chi connectivity index (χ0) is 15.2. The Hall–Kier alpha value is -1.02. The largest absolute Gasteiger partial charge is 0.394 e. The summed E-state index contributed by atoms with van der Waals surface area (Å²) in [6.45, 7) is 6.09. The van der Waals surface area contributed by atoms with Crippen LogP contribution < -0.4 is 10.2 Å². The predicted molar refractivity (Wildman–Crippen MR) is 79.8 cm³/mol. The van der Waals surface area contributed by atoms with Crippen molar-refractivity contribution in [3.8, 4) is 0 Å². The molecule has 1 amide bonds. The van der Waals surface area contributed by atoms with Crippen molar-refractivity contribution in [2.75, 3.05) is 24.7 Å². The molecule has 0 atom stereocenters.